The van der Waals surface area contributed by atoms with E-state index < -0.39 is 0 Å². The van der Waals surface area contributed by atoms with Crippen LogP contribution in [-0.2, 0) is 7.05 Å². The van der Waals surface area contributed by atoms with Gasteiger partial charge in [0.1, 0.15) is 5.82 Å². The van der Waals surface area contributed by atoms with Gasteiger partial charge in [-0.05, 0) is 76.9 Å². The fourth-order valence-corrected chi connectivity index (χ4v) is 6.84. The van der Waals surface area contributed by atoms with E-state index in [0.29, 0.717) is 0 Å². The molecule has 0 amide bonds. The highest BCUT2D eigenvalue weighted by atomic mass is 15.1. The molecule has 222 valence electrons. The first-order valence-corrected chi connectivity index (χ1v) is 15.9. The maximum absolute atomic E-state index is 5.13. The van der Waals surface area contributed by atoms with Crippen LogP contribution in [0.25, 0.3) is 83.4 Å². The molecule has 0 aliphatic heterocycles. The van der Waals surface area contributed by atoms with Crippen molar-refractivity contribution >= 4 is 32.8 Å². The lowest BCUT2D eigenvalue weighted by Crippen LogP contribution is -1.96. The highest BCUT2D eigenvalue weighted by molar-refractivity contribution is 6.11. The van der Waals surface area contributed by atoms with E-state index in [1.165, 1.54) is 33.0 Å². The average Bonchev–Trinajstić information content (AvgIpc) is 3.66. The number of benzene rings is 6. The van der Waals surface area contributed by atoms with Crippen molar-refractivity contribution in [3.63, 3.8) is 0 Å². The van der Waals surface area contributed by atoms with Crippen LogP contribution in [0.15, 0.2) is 164 Å². The minimum absolute atomic E-state index is 0.941. The number of imidazole rings is 1. The Morgan fingerprint density at radius 2 is 1.13 bits per heavy atom. The van der Waals surface area contributed by atoms with Crippen molar-refractivity contribution in [1.82, 2.24) is 19.1 Å². The van der Waals surface area contributed by atoms with Crippen molar-refractivity contribution in [3.8, 4) is 50.6 Å². The van der Waals surface area contributed by atoms with E-state index in [-0.39, 0.29) is 0 Å². The molecule has 0 fully saturated rings. The van der Waals surface area contributed by atoms with Gasteiger partial charge in [-0.2, -0.15) is 0 Å². The Bertz CT molecular complexity index is 2560. The summed E-state index contributed by atoms with van der Waals surface area (Å²) in [6, 6.07) is 55.9. The van der Waals surface area contributed by atoms with E-state index in [1.54, 1.807) is 0 Å². The Labute approximate surface area is 272 Å². The number of hydrogen-bond acceptors (Lipinski definition) is 2. The second-order valence-electron chi connectivity index (χ2n) is 12.0. The van der Waals surface area contributed by atoms with E-state index >= 15 is 0 Å². The zero-order valence-electron chi connectivity index (χ0n) is 25.9. The van der Waals surface area contributed by atoms with Crippen LogP contribution in [0.1, 0.15) is 0 Å². The molecule has 6 aromatic carbocycles. The summed E-state index contributed by atoms with van der Waals surface area (Å²) < 4.78 is 4.59. The SMILES string of the molecule is Cn1c(-c2ccc3c4cc(-c5ccccc5)ccc4n(-c4cccc(-c5ccccn5)c4)c3c2)nc2ccc(-c3ccccc3)cc21. The number of pyridine rings is 1. The van der Waals surface area contributed by atoms with Crippen LogP contribution in [0, 0.1) is 0 Å². The van der Waals surface area contributed by atoms with Gasteiger partial charge in [0, 0.05) is 40.8 Å². The van der Waals surface area contributed by atoms with Gasteiger partial charge in [-0.25, -0.2) is 4.98 Å². The number of hydrogen-bond donors (Lipinski definition) is 0. The summed E-state index contributed by atoms with van der Waals surface area (Å²) in [7, 11) is 2.11. The molecule has 0 spiro atoms. The van der Waals surface area contributed by atoms with Crippen LogP contribution in [0.4, 0.5) is 0 Å². The first kappa shape index (κ1) is 27.1. The molecule has 0 N–H and O–H groups in total. The lowest BCUT2D eigenvalue weighted by Gasteiger charge is -2.11. The molecule has 0 bridgehead atoms. The van der Waals surface area contributed by atoms with E-state index in [1.807, 2.05) is 18.3 Å². The maximum Gasteiger partial charge on any atom is 0.140 e. The zero-order valence-corrected chi connectivity index (χ0v) is 25.9. The quantitative estimate of drug-likeness (QED) is 0.196. The second-order valence-corrected chi connectivity index (χ2v) is 12.0. The van der Waals surface area contributed by atoms with E-state index in [9.17, 15) is 0 Å². The normalized spacial score (nSPS) is 11.5. The minimum Gasteiger partial charge on any atom is -0.327 e. The van der Waals surface area contributed by atoms with Gasteiger partial charge in [0.2, 0.25) is 0 Å². The Hall–Kier alpha value is -6.26. The van der Waals surface area contributed by atoms with Gasteiger partial charge in [-0.3, -0.25) is 4.98 Å². The third kappa shape index (κ3) is 4.62. The smallest absolute Gasteiger partial charge is 0.140 e. The molecule has 47 heavy (non-hydrogen) atoms. The fraction of sp³-hybridized carbons (Fsp3) is 0.0233. The van der Waals surface area contributed by atoms with Crippen LogP contribution >= 0.6 is 0 Å². The van der Waals surface area contributed by atoms with Crippen LogP contribution in [-0.4, -0.2) is 19.1 Å². The van der Waals surface area contributed by atoms with Crippen molar-refractivity contribution < 1.29 is 0 Å². The number of fused-ring (bicyclic) bond motifs is 4. The van der Waals surface area contributed by atoms with Crippen LogP contribution in [0.5, 0.6) is 0 Å². The van der Waals surface area contributed by atoms with Crippen molar-refractivity contribution in [2.24, 2.45) is 7.05 Å². The average molecular weight is 603 g/mol. The lowest BCUT2D eigenvalue weighted by molar-refractivity contribution is 0.959. The molecule has 0 radical (unpaired) electrons. The van der Waals surface area contributed by atoms with E-state index in [4.69, 9.17) is 4.98 Å². The molecule has 4 heteroatoms. The first-order chi connectivity index (χ1) is 23.2. The largest absolute Gasteiger partial charge is 0.327 e. The molecule has 0 aliphatic carbocycles. The molecule has 3 aromatic heterocycles. The minimum atomic E-state index is 0.941. The zero-order chi connectivity index (χ0) is 31.3. The van der Waals surface area contributed by atoms with Gasteiger partial charge in [0.25, 0.3) is 0 Å². The molecule has 9 aromatic rings. The molecule has 0 saturated heterocycles. The summed E-state index contributed by atoms with van der Waals surface area (Å²) >= 11 is 0. The molecular weight excluding hydrogens is 573 g/mol. The van der Waals surface area contributed by atoms with Crippen molar-refractivity contribution in [1.29, 1.82) is 0 Å². The first-order valence-electron chi connectivity index (χ1n) is 15.9. The van der Waals surface area contributed by atoms with Crippen molar-refractivity contribution in [3.05, 3.63) is 164 Å². The van der Waals surface area contributed by atoms with Gasteiger partial charge < -0.3 is 9.13 Å². The number of rotatable bonds is 5. The molecule has 0 aliphatic rings. The molecule has 0 unspecified atom stereocenters. The summed E-state index contributed by atoms with van der Waals surface area (Å²) in [6.45, 7) is 0. The second kappa shape index (κ2) is 11.0. The Kier molecular flexibility index (Phi) is 6.32. The molecule has 9 rings (SSSR count). The van der Waals surface area contributed by atoms with Gasteiger partial charge in [-0.15, -0.1) is 0 Å². The van der Waals surface area contributed by atoms with Gasteiger partial charge >= 0.3 is 0 Å². The highest BCUT2D eigenvalue weighted by Gasteiger charge is 2.18. The van der Waals surface area contributed by atoms with Gasteiger partial charge in [0.15, 0.2) is 0 Å². The molecule has 4 nitrogen and oxygen atoms in total. The highest BCUT2D eigenvalue weighted by Crippen LogP contribution is 2.38. The standard InChI is InChI=1S/C43H30N4/c1-46-42-27-32(30-13-6-3-7-14-30)19-22-39(42)45-43(46)34-18-21-36-37-26-31(29-11-4-2-5-12-29)20-23-40(37)47(41(36)28-34)35-16-10-15-33(25-35)38-17-8-9-24-44-38/h2-28H,1H3. The fourth-order valence-electron chi connectivity index (χ4n) is 6.84. The monoisotopic (exact) mass is 602 g/mol. The van der Waals surface area contributed by atoms with Crippen LogP contribution in [0.3, 0.4) is 0 Å². The van der Waals surface area contributed by atoms with Crippen LogP contribution < -0.4 is 0 Å². The third-order valence-corrected chi connectivity index (χ3v) is 9.18. The number of aryl methyl sites for hydroxylation is 1. The molecule has 0 atom stereocenters. The van der Waals surface area contributed by atoms with Crippen molar-refractivity contribution in [2.75, 3.05) is 0 Å². The Morgan fingerprint density at radius 3 is 1.89 bits per heavy atom. The lowest BCUT2D eigenvalue weighted by atomic mass is 10.0. The summed E-state index contributed by atoms with van der Waals surface area (Å²) in [6.07, 6.45) is 1.85. The summed E-state index contributed by atoms with van der Waals surface area (Å²) in [5.41, 5.74) is 13.4. The Morgan fingerprint density at radius 1 is 0.447 bits per heavy atom. The summed E-state index contributed by atoms with van der Waals surface area (Å²) in [5.74, 6) is 0.941. The predicted molar refractivity (Wildman–Crippen MR) is 195 cm³/mol. The van der Waals surface area contributed by atoms with E-state index in [2.05, 4.69) is 167 Å². The topological polar surface area (TPSA) is 35.6 Å². The number of aromatic nitrogens is 4. The van der Waals surface area contributed by atoms with Crippen molar-refractivity contribution in [2.45, 2.75) is 0 Å². The maximum atomic E-state index is 5.13. The molecular formula is C43H30N4. The van der Waals surface area contributed by atoms with Crippen LogP contribution in [0.2, 0.25) is 0 Å². The molecule has 0 saturated carbocycles. The number of nitrogens with zero attached hydrogens (tertiary/aromatic N) is 4. The summed E-state index contributed by atoms with van der Waals surface area (Å²) in [4.78, 5) is 9.76. The third-order valence-electron chi connectivity index (χ3n) is 9.18. The van der Waals surface area contributed by atoms with Gasteiger partial charge in [0.05, 0.1) is 27.8 Å². The van der Waals surface area contributed by atoms with E-state index in [0.717, 1.165) is 50.4 Å². The van der Waals surface area contributed by atoms with Gasteiger partial charge in [-0.1, -0.05) is 103 Å². The summed E-state index contributed by atoms with van der Waals surface area (Å²) in [5, 5.41) is 2.42. The molecule has 3 heterocycles. The predicted octanol–water partition coefficient (Wildman–Crippen LogP) is 10.7. The Balaban J connectivity index is 1.26.